The van der Waals surface area contributed by atoms with Gasteiger partial charge in [-0.1, -0.05) is 26.0 Å². The van der Waals surface area contributed by atoms with Gasteiger partial charge in [0.25, 0.3) is 0 Å². The number of nitrogens with zero attached hydrogens (tertiary/aromatic N) is 3. The molecule has 0 radical (unpaired) electrons. The van der Waals surface area contributed by atoms with Crippen LogP contribution in [0.4, 0.5) is 5.69 Å². The van der Waals surface area contributed by atoms with Gasteiger partial charge in [0.05, 0.1) is 6.54 Å². The molecule has 0 amide bonds. The van der Waals surface area contributed by atoms with E-state index >= 15 is 0 Å². The average Bonchev–Trinajstić information content (AvgIpc) is 2.84. The highest BCUT2D eigenvalue weighted by Crippen LogP contribution is 2.17. The van der Waals surface area contributed by atoms with Crippen LogP contribution in [-0.4, -0.2) is 14.8 Å². The molecule has 4 heteroatoms. The maximum absolute atomic E-state index is 4.24. The third-order valence-corrected chi connectivity index (χ3v) is 3.02. The van der Waals surface area contributed by atoms with E-state index < -0.39 is 0 Å². The van der Waals surface area contributed by atoms with Gasteiger partial charge in [-0.05, 0) is 30.5 Å². The van der Waals surface area contributed by atoms with Crippen molar-refractivity contribution >= 4 is 5.69 Å². The molecule has 0 aliphatic heterocycles. The smallest absolute Gasteiger partial charge is 0.146 e. The average molecular weight is 244 g/mol. The van der Waals surface area contributed by atoms with Crippen molar-refractivity contribution in [3.8, 4) is 0 Å². The van der Waals surface area contributed by atoms with Gasteiger partial charge in [-0.15, -0.1) is 0 Å². The summed E-state index contributed by atoms with van der Waals surface area (Å²) in [6.07, 6.45) is 1.60. The van der Waals surface area contributed by atoms with Gasteiger partial charge in [0.2, 0.25) is 0 Å². The number of benzene rings is 1. The van der Waals surface area contributed by atoms with Gasteiger partial charge in [0.1, 0.15) is 12.2 Å². The van der Waals surface area contributed by atoms with Crippen LogP contribution < -0.4 is 5.32 Å². The quantitative estimate of drug-likeness (QED) is 0.879. The zero-order valence-electron chi connectivity index (χ0n) is 11.2. The lowest BCUT2D eigenvalue weighted by atomic mass is 10.0. The molecule has 0 spiro atoms. The van der Waals surface area contributed by atoms with Crippen LogP contribution in [-0.2, 0) is 13.1 Å². The normalized spacial score (nSPS) is 10.9. The minimum Gasteiger partial charge on any atom is -0.378 e. The summed E-state index contributed by atoms with van der Waals surface area (Å²) in [5.74, 6) is 1.53. The number of hydrogen-bond donors (Lipinski definition) is 1. The van der Waals surface area contributed by atoms with Crippen LogP contribution in [0.1, 0.15) is 38.1 Å². The number of aromatic nitrogens is 3. The van der Waals surface area contributed by atoms with E-state index in [2.05, 4.69) is 60.4 Å². The highest BCUT2D eigenvalue weighted by molar-refractivity contribution is 5.45. The number of rotatable bonds is 5. The third kappa shape index (κ3) is 2.88. The molecule has 18 heavy (non-hydrogen) atoms. The Morgan fingerprint density at radius 3 is 2.56 bits per heavy atom. The molecule has 0 atom stereocenters. The van der Waals surface area contributed by atoms with E-state index in [1.54, 1.807) is 6.33 Å². The Balaban J connectivity index is 1.98. The Bertz CT molecular complexity index is 485. The van der Waals surface area contributed by atoms with E-state index in [9.17, 15) is 0 Å². The van der Waals surface area contributed by atoms with Crippen molar-refractivity contribution in [1.82, 2.24) is 14.8 Å². The van der Waals surface area contributed by atoms with Gasteiger partial charge < -0.3 is 5.32 Å². The summed E-state index contributed by atoms with van der Waals surface area (Å²) in [4.78, 5) is 4.24. The molecule has 1 aromatic heterocycles. The fraction of sp³-hybridized carbons (Fsp3) is 0.429. The summed E-state index contributed by atoms with van der Waals surface area (Å²) >= 11 is 0. The molecule has 2 rings (SSSR count). The summed E-state index contributed by atoms with van der Waals surface area (Å²) in [5.41, 5.74) is 2.47. The molecular formula is C14H20N4. The number of anilines is 1. The maximum atomic E-state index is 4.24. The van der Waals surface area contributed by atoms with Crippen molar-refractivity contribution in [1.29, 1.82) is 0 Å². The number of nitrogens with one attached hydrogen (secondary N) is 1. The van der Waals surface area contributed by atoms with Gasteiger partial charge in [-0.3, -0.25) is 0 Å². The first-order valence-electron chi connectivity index (χ1n) is 6.41. The summed E-state index contributed by atoms with van der Waals surface area (Å²) in [6, 6.07) is 8.55. The Labute approximate surface area is 108 Å². The molecule has 4 nitrogen and oxygen atoms in total. The Kier molecular flexibility index (Phi) is 3.97. The second-order valence-corrected chi connectivity index (χ2v) is 4.62. The fourth-order valence-corrected chi connectivity index (χ4v) is 1.86. The molecule has 0 aliphatic carbocycles. The highest BCUT2D eigenvalue weighted by Gasteiger charge is 2.02. The molecule has 2 aromatic rings. The Morgan fingerprint density at radius 1 is 1.22 bits per heavy atom. The molecule has 1 heterocycles. The largest absolute Gasteiger partial charge is 0.378 e. The number of aryl methyl sites for hydroxylation is 1. The summed E-state index contributed by atoms with van der Waals surface area (Å²) in [5, 5.41) is 7.51. The second kappa shape index (κ2) is 5.67. The monoisotopic (exact) mass is 244 g/mol. The van der Waals surface area contributed by atoms with Crippen LogP contribution in [0, 0.1) is 0 Å². The van der Waals surface area contributed by atoms with Crippen LogP contribution in [0.25, 0.3) is 0 Å². The van der Waals surface area contributed by atoms with Crippen molar-refractivity contribution < 1.29 is 0 Å². The van der Waals surface area contributed by atoms with Gasteiger partial charge in [-0.25, -0.2) is 9.67 Å². The van der Waals surface area contributed by atoms with E-state index in [0.29, 0.717) is 12.5 Å². The van der Waals surface area contributed by atoms with Crippen molar-refractivity contribution in [2.45, 2.75) is 39.8 Å². The van der Waals surface area contributed by atoms with E-state index in [-0.39, 0.29) is 0 Å². The molecule has 1 N–H and O–H groups in total. The molecule has 0 unspecified atom stereocenters. The zero-order chi connectivity index (χ0) is 13.0. The van der Waals surface area contributed by atoms with Crippen LogP contribution in [0.5, 0.6) is 0 Å². The molecule has 96 valence electrons. The van der Waals surface area contributed by atoms with E-state index in [0.717, 1.165) is 18.1 Å². The number of hydrogen-bond acceptors (Lipinski definition) is 3. The molecule has 0 aliphatic rings. The summed E-state index contributed by atoms with van der Waals surface area (Å²) in [6.45, 7) is 8.02. The lowest BCUT2D eigenvalue weighted by Gasteiger charge is -2.09. The predicted octanol–water partition coefficient (Wildman–Crippen LogP) is 3.03. The van der Waals surface area contributed by atoms with Crippen LogP contribution in [0.15, 0.2) is 30.6 Å². The molecule has 0 bridgehead atoms. The van der Waals surface area contributed by atoms with Crippen molar-refractivity contribution in [3.05, 3.63) is 42.0 Å². The van der Waals surface area contributed by atoms with Gasteiger partial charge in [0.15, 0.2) is 0 Å². The first-order valence-corrected chi connectivity index (χ1v) is 6.41. The molecular weight excluding hydrogens is 224 g/mol. The maximum Gasteiger partial charge on any atom is 0.146 e. The lowest BCUT2D eigenvalue weighted by Crippen LogP contribution is -2.09. The van der Waals surface area contributed by atoms with Crippen molar-refractivity contribution in [2.24, 2.45) is 0 Å². The first kappa shape index (κ1) is 12.6. The minimum atomic E-state index is 0.572. The standard InChI is InChI=1S/C14H20N4/c1-4-18-14(16-10-17-18)9-15-13-7-5-12(6-8-13)11(2)3/h5-8,10-11,15H,4,9H2,1-3H3. The summed E-state index contributed by atoms with van der Waals surface area (Å²) < 4.78 is 1.90. The van der Waals surface area contributed by atoms with Crippen LogP contribution >= 0.6 is 0 Å². The van der Waals surface area contributed by atoms with Crippen LogP contribution in [0.3, 0.4) is 0 Å². The van der Waals surface area contributed by atoms with Crippen molar-refractivity contribution in [3.63, 3.8) is 0 Å². The second-order valence-electron chi connectivity index (χ2n) is 4.62. The van der Waals surface area contributed by atoms with Crippen molar-refractivity contribution in [2.75, 3.05) is 5.32 Å². The van der Waals surface area contributed by atoms with E-state index in [1.807, 2.05) is 4.68 Å². The first-order chi connectivity index (χ1) is 8.70. The van der Waals surface area contributed by atoms with Gasteiger partial charge in [0, 0.05) is 12.2 Å². The van der Waals surface area contributed by atoms with Crippen LogP contribution in [0.2, 0.25) is 0 Å². The summed E-state index contributed by atoms with van der Waals surface area (Å²) in [7, 11) is 0. The van der Waals surface area contributed by atoms with Gasteiger partial charge >= 0.3 is 0 Å². The molecule has 0 saturated carbocycles. The topological polar surface area (TPSA) is 42.7 Å². The highest BCUT2D eigenvalue weighted by atomic mass is 15.3. The third-order valence-electron chi connectivity index (χ3n) is 3.02. The molecule has 1 aromatic carbocycles. The Hall–Kier alpha value is -1.84. The SMILES string of the molecule is CCn1ncnc1CNc1ccc(C(C)C)cc1. The predicted molar refractivity (Wildman–Crippen MR) is 73.6 cm³/mol. The Morgan fingerprint density at radius 2 is 1.94 bits per heavy atom. The lowest BCUT2D eigenvalue weighted by molar-refractivity contribution is 0.622. The molecule has 0 saturated heterocycles. The fourth-order valence-electron chi connectivity index (χ4n) is 1.86. The van der Waals surface area contributed by atoms with E-state index in [1.165, 1.54) is 5.56 Å². The van der Waals surface area contributed by atoms with Gasteiger partial charge in [-0.2, -0.15) is 5.10 Å². The van der Waals surface area contributed by atoms with E-state index in [4.69, 9.17) is 0 Å². The minimum absolute atomic E-state index is 0.572. The molecule has 0 fully saturated rings. The zero-order valence-corrected chi connectivity index (χ0v) is 11.2.